The van der Waals surface area contributed by atoms with Crippen molar-refractivity contribution in [3.8, 4) is 28.7 Å². The Bertz CT molecular complexity index is 2970. The number of aliphatic imine (C=N–C) groups is 2. The second kappa shape index (κ2) is 20.8. The SMILES string of the molecule is COc1cc2c(cc1OCc1cc(COc3cc4c(cc3OC)C(=O)N3c5ccccc5C[C@H]3C=N4)cc(OCCCSC3CC(=O)N(CC4CCC(C(C)=O)CC4)C3=O)c1)N=C[C@@H]1Cc3ccccc3N1C2=O. The lowest BCUT2D eigenvalue weighted by Crippen LogP contribution is -2.37. The van der Waals surface area contributed by atoms with Gasteiger partial charge >= 0.3 is 0 Å². The fourth-order valence-electron chi connectivity index (χ4n) is 11.1. The fraction of sp³-hybridized carbons (Fsp3) is 0.362. The molecule has 0 radical (unpaired) electrons. The summed E-state index contributed by atoms with van der Waals surface area (Å²) in [6, 6.07) is 28.0. The number of Topliss-reactive ketones (excluding diaryl/α,β-unsaturated/α-hetero) is 1. The Kier molecular flexibility index (Phi) is 13.7. The van der Waals surface area contributed by atoms with E-state index in [-0.39, 0.29) is 73.0 Å². The minimum Gasteiger partial charge on any atom is -0.494 e. The van der Waals surface area contributed by atoms with Gasteiger partial charge in [-0.1, -0.05) is 36.4 Å². The van der Waals surface area contributed by atoms with Gasteiger partial charge in [0.15, 0.2) is 23.0 Å². The first-order chi connectivity index (χ1) is 36.0. The molecule has 3 atom stereocenters. The van der Waals surface area contributed by atoms with Gasteiger partial charge in [0.05, 0.1) is 60.7 Å². The molecule has 2 fully saturated rings. The van der Waals surface area contributed by atoms with Crippen LogP contribution in [0, 0.1) is 11.8 Å². The number of anilines is 2. The molecule has 380 valence electrons. The van der Waals surface area contributed by atoms with Crippen LogP contribution in [0.5, 0.6) is 28.7 Å². The highest BCUT2D eigenvalue weighted by molar-refractivity contribution is 8.00. The number of fused-ring (bicyclic) bond motifs is 8. The first-order valence-corrected chi connectivity index (χ1v) is 26.4. The number of benzene rings is 5. The lowest BCUT2D eigenvalue weighted by Gasteiger charge is -2.29. The van der Waals surface area contributed by atoms with Crippen molar-refractivity contribution < 1.29 is 47.7 Å². The second-order valence-electron chi connectivity index (χ2n) is 19.7. The molecule has 15 nitrogen and oxygen atoms in total. The fourth-order valence-corrected chi connectivity index (χ4v) is 12.2. The van der Waals surface area contributed by atoms with Crippen LogP contribution in [0.4, 0.5) is 22.7 Å². The number of hydrogen-bond donors (Lipinski definition) is 0. The molecule has 11 rings (SSSR count). The molecule has 4 amide bonds. The Labute approximate surface area is 433 Å². The van der Waals surface area contributed by atoms with Crippen molar-refractivity contribution in [3.05, 3.63) is 124 Å². The molecule has 0 bridgehead atoms. The highest BCUT2D eigenvalue weighted by atomic mass is 32.2. The molecular formula is C58H57N5O10S. The third-order valence-electron chi connectivity index (χ3n) is 15.0. The average molecular weight is 1020 g/mol. The minimum atomic E-state index is -0.425. The van der Waals surface area contributed by atoms with Gasteiger partial charge in [-0.3, -0.25) is 48.7 Å². The molecule has 74 heavy (non-hydrogen) atoms. The van der Waals surface area contributed by atoms with Gasteiger partial charge < -0.3 is 23.7 Å². The van der Waals surface area contributed by atoms with E-state index in [0.29, 0.717) is 89.4 Å². The summed E-state index contributed by atoms with van der Waals surface area (Å²) >= 11 is 1.48. The van der Waals surface area contributed by atoms with E-state index in [4.69, 9.17) is 33.7 Å². The Morgan fingerprint density at radius 3 is 1.72 bits per heavy atom. The molecule has 16 heteroatoms. The van der Waals surface area contributed by atoms with Crippen molar-refractivity contribution in [1.29, 1.82) is 0 Å². The van der Waals surface area contributed by atoms with E-state index in [1.165, 1.54) is 30.9 Å². The van der Waals surface area contributed by atoms with Gasteiger partial charge in [0.25, 0.3) is 11.8 Å². The van der Waals surface area contributed by atoms with Crippen LogP contribution in [0.15, 0.2) is 101 Å². The zero-order valence-electron chi connectivity index (χ0n) is 41.6. The molecule has 1 aliphatic carbocycles. The Balaban J connectivity index is 0.789. The number of carbonyl (C=O) groups excluding carboxylic acids is 5. The van der Waals surface area contributed by atoms with Crippen LogP contribution >= 0.6 is 11.8 Å². The number of ether oxygens (including phenoxy) is 5. The predicted octanol–water partition coefficient (Wildman–Crippen LogP) is 9.46. The third kappa shape index (κ3) is 9.62. The lowest BCUT2D eigenvalue weighted by atomic mass is 9.80. The Morgan fingerprint density at radius 2 is 1.19 bits per heavy atom. The monoisotopic (exact) mass is 1020 g/mol. The first kappa shape index (κ1) is 48.8. The van der Waals surface area contributed by atoms with Crippen LogP contribution in [0.25, 0.3) is 0 Å². The highest BCUT2D eigenvalue weighted by Crippen LogP contribution is 2.44. The van der Waals surface area contributed by atoms with Crippen molar-refractivity contribution in [3.63, 3.8) is 0 Å². The molecule has 5 aromatic rings. The van der Waals surface area contributed by atoms with Crippen molar-refractivity contribution in [2.45, 2.75) is 88.8 Å². The topological polar surface area (TPSA) is 166 Å². The summed E-state index contributed by atoms with van der Waals surface area (Å²) in [5.74, 6) is 2.74. The number of thioether (sulfide) groups is 1. The number of carbonyl (C=O) groups is 5. The van der Waals surface area contributed by atoms with E-state index in [1.807, 2.05) is 79.2 Å². The number of rotatable bonds is 17. The lowest BCUT2D eigenvalue weighted by molar-refractivity contribution is -0.139. The predicted molar refractivity (Wildman–Crippen MR) is 283 cm³/mol. The van der Waals surface area contributed by atoms with Gasteiger partial charge in [0.1, 0.15) is 24.7 Å². The summed E-state index contributed by atoms with van der Waals surface area (Å²) in [6.07, 6.45) is 9.13. The van der Waals surface area contributed by atoms with Gasteiger partial charge in [-0.2, -0.15) is 0 Å². The van der Waals surface area contributed by atoms with E-state index in [9.17, 15) is 24.0 Å². The minimum absolute atomic E-state index is 0.0893. The second-order valence-corrected chi connectivity index (χ2v) is 21.1. The summed E-state index contributed by atoms with van der Waals surface area (Å²) in [6.45, 7) is 2.61. The summed E-state index contributed by atoms with van der Waals surface area (Å²) in [4.78, 5) is 81.0. The zero-order chi connectivity index (χ0) is 51.0. The largest absolute Gasteiger partial charge is 0.494 e. The summed E-state index contributed by atoms with van der Waals surface area (Å²) in [5, 5.41) is -0.425. The molecular weight excluding hydrogens is 959 g/mol. The van der Waals surface area contributed by atoms with Crippen molar-refractivity contribution >= 4 is 76.4 Å². The number of ketones is 1. The highest BCUT2D eigenvalue weighted by Gasteiger charge is 2.41. The summed E-state index contributed by atoms with van der Waals surface area (Å²) in [7, 11) is 3.07. The van der Waals surface area contributed by atoms with Gasteiger partial charge in [-0.05, 0) is 115 Å². The molecule has 5 aromatic carbocycles. The third-order valence-corrected chi connectivity index (χ3v) is 16.3. The van der Waals surface area contributed by atoms with E-state index >= 15 is 0 Å². The smallest absolute Gasteiger partial charge is 0.261 e. The van der Waals surface area contributed by atoms with Gasteiger partial charge in [-0.15, -0.1) is 11.8 Å². The van der Waals surface area contributed by atoms with Gasteiger partial charge in [0.2, 0.25) is 11.8 Å². The molecule has 6 aliphatic rings. The van der Waals surface area contributed by atoms with E-state index in [2.05, 4.69) is 0 Å². The number of imide groups is 1. The number of hydrogen-bond acceptors (Lipinski definition) is 13. The number of likely N-dealkylation sites (tertiary alicyclic amines) is 1. The molecule has 1 unspecified atom stereocenters. The van der Waals surface area contributed by atoms with Crippen LogP contribution in [-0.4, -0.2) is 97.2 Å². The quantitative estimate of drug-likeness (QED) is 0.0643. The maximum Gasteiger partial charge on any atom is 0.261 e. The van der Waals surface area contributed by atoms with Crippen molar-refractivity contribution in [2.24, 2.45) is 21.8 Å². The molecule has 5 aliphatic heterocycles. The molecule has 5 heterocycles. The van der Waals surface area contributed by atoms with Gasteiger partial charge in [-0.25, -0.2) is 0 Å². The molecule has 1 saturated carbocycles. The van der Waals surface area contributed by atoms with Crippen LogP contribution < -0.4 is 33.5 Å². The maximum atomic E-state index is 14.1. The van der Waals surface area contributed by atoms with E-state index in [0.717, 1.165) is 59.3 Å². The Morgan fingerprint density at radius 1 is 0.649 bits per heavy atom. The zero-order valence-corrected chi connectivity index (χ0v) is 42.4. The maximum absolute atomic E-state index is 14.1. The van der Waals surface area contributed by atoms with E-state index in [1.54, 1.807) is 41.0 Å². The number of methoxy groups -OCH3 is 2. The standard InChI is InChI=1S/C58H57N5O10S/c1-34(64)38-15-13-35(14-16-38)31-61-55(65)28-54(58(61)68)74-18-8-17-71-43-20-36(32-72-52-26-46-44(24-50(52)69-2)56(66)62-41(29-59-46)22-39-9-4-6-11-48(39)62)19-37(21-43)33-73-53-27-47-45(25-51(53)70-3)57(67)63-42(30-60-47)23-40-10-5-7-12-49(40)63/h4-7,9-12,19-21,24-27,29-30,35,38,41-42,54H,8,13-18,22-23,28,31-33H2,1-3H3/t35?,38?,41-,42-,54?/m0/s1. The van der Waals surface area contributed by atoms with Crippen LogP contribution in [-0.2, 0) is 40.4 Å². The summed E-state index contributed by atoms with van der Waals surface area (Å²) in [5.41, 5.74) is 7.27. The van der Waals surface area contributed by atoms with Crippen LogP contribution in [0.1, 0.15) is 88.4 Å². The van der Waals surface area contributed by atoms with Crippen molar-refractivity contribution in [1.82, 2.24) is 4.90 Å². The number of nitrogens with zero attached hydrogens (tertiary/aromatic N) is 5. The molecule has 0 N–H and O–H groups in total. The Hall–Kier alpha value is -7.46. The van der Waals surface area contributed by atoms with Crippen LogP contribution in [0.3, 0.4) is 0 Å². The average Bonchev–Trinajstić information content (AvgIpc) is 4.01. The normalized spacial score (nSPS) is 21.3. The molecule has 0 aromatic heterocycles. The van der Waals surface area contributed by atoms with Crippen LogP contribution in [0.2, 0.25) is 0 Å². The molecule has 1 saturated heterocycles. The number of amides is 4. The molecule has 0 spiro atoms. The number of para-hydroxylation sites is 2. The van der Waals surface area contributed by atoms with Gasteiger partial charge in [0, 0.05) is 67.7 Å². The van der Waals surface area contributed by atoms with Crippen molar-refractivity contribution in [2.75, 3.05) is 42.9 Å². The first-order valence-electron chi connectivity index (χ1n) is 25.4. The van der Waals surface area contributed by atoms with E-state index < -0.39 is 5.25 Å². The summed E-state index contributed by atoms with van der Waals surface area (Å²) < 4.78 is 30.9.